The van der Waals surface area contributed by atoms with Gasteiger partial charge >= 0.3 is 0 Å². The lowest BCUT2D eigenvalue weighted by molar-refractivity contribution is 0.102. The van der Waals surface area contributed by atoms with Crippen LogP contribution >= 0.6 is 11.6 Å². The number of amides is 1. The van der Waals surface area contributed by atoms with Crippen molar-refractivity contribution in [1.29, 1.82) is 0 Å². The summed E-state index contributed by atoms with van der Waals surface area (Å²) in [4.78, 5) is 16.4. The Morgan fingerprint density at radius 3 is 2.68 bits per heavy atom. The second-order valence-electron chi connectivity index (χ2n) is 5.62. The molecule has 0 fully saturated rings. The van der Waals surface area contributed by atoms with Gasteiger partial charge in [0.15, 0.2) is 0 Å². The molecule has 0 spiro atoms. The average Bonchev–Trinajstić information content (AvgIpc) is 2.49. The maximum Gasteiger partial charge on any atom is 0.274 e. The summed E-state index contributed by atoms with van der Waals surface area (Å²) in [7, 11) is 0. The van der Waals surface area contributed by atoms with Gasteiger partial charge in [-0.2, -0.15) is 0 Å². The summed E-state index contributed by atoms with van der Waals surface area (Å²) < 4.78 is 0. The zero-order chi connectivity index (χ0) is 16.1. The van der Waals surface area contributed by atoms with Crippen molar-refractivity contribution in [2.75, 3.05) is 17.2 Å². The zero-order valence-corrected chi connectivity index (χ0v) is 13.7. The molecule has 1 aromatic carbocycles. The van der Waals surface area contributed by atoms with E-state index in [0.717, 1.165) is 17.8 Å². The lowest BCUT2D eigenvalue weighted by Crippen LogP contribution is -2.15. The summed E-state index contributed by atoms with van der Waals surface area (Å²) in [6, 6.07) is 8.95. The Morgan fingerprint density at radius 1 is 1.27 bits per heavy atom. The Balaban J connectivity index is 2.05. The fourth-order valence-electron chi connectivity index (χ4n) is 1.87. The third kappa shape index (κ3) is 4.46. The van der Waals surface area contributed by atoms with E-state index in [4.69, 9.17) is 11.6 Å². The van der Waals surface area contributed by atoms with Crippen LogP contribution in [0.15, 0.2) is 36.5 Å². The SMILES string of the molecule is Cc1ccc(Cl)cc1NC(=O)c1ccc(NCC(C)C)cn1. The normalized spacial score (nSPS) is 10.6. The summed E-state index contributed by atoms with van der Waals surface area (Å²) in [5.74, 6) is 0.301. The van der Waals surface area contributed by atoms with E-state index in [1.165, 1.54) is 0 Å². The van der Waals surface area contributed by atoms with Crippen LogP contribution < -0.4 is 10.6 Å². The number of rotatable bonds is 5. The molecule has 2 rings (SSSR count). The molecule has 0 radical (unpaired) electrons. The highest BCUT2D eigenvalue weighted by Gasteiger charge is 2.09. The van der Waals surface area contributed by atoms with Crippen LogP contribution in [0.2, 0.25) is 5.02 Å². The van der Waals surface area contributed by atoms with Crippen molar-refractivity contribution in [3.8, 4) is 0 Å². The van der Waals surface area contributed by atoms with Crippen LogP contribution in [0.5, 0.6) is 0 Å². The summed E-state index contributed by atoms with van der Waals surface area (Å²) in [5, 5.41) is 6.68. The lowest BCUT2D eigenvalue weighted by atomic mass is 10.2. The van der Waals surface area contributed by atoms with E-state index in [1.807, 2.05) is 19.1 Å². The summed E-state index contributed by atoms with van der Waals surface area (Å²) in [6.07, 6.45) is 1.67. The summed E-state index contributed by atoms with van der Waals surface area (Å²) in [6.45, 7) is 7.05. The summed E-state index contributed by atoms with van der Waals surface area (Å²) in [5.41, 5.74) is 2.92. The molecular formula is C17H20ClN3O. The van der Waals surface area contributed by atoms with Crippen LogP contribution in [-0.4, -0.2) is 17.4 Å². The van der Waals surface area contributed by atoms with Gasteiger partial charge in [-0.05, 0) is 42.7 Å². The molecule has 1 heterocycles. The van der Waals surface area contributed by atoms with E-state index in [9.17, 15) is 4.79 Å². The van der Waals surface area contributed by atoms with Crippen molar-refractivity contribution >= 4 is 28.9 Å². The molecule has 0 unspecified atom stereocenters. The predicted molar refractivity (Wildman–Crippen MR) is 91.7 cm³/mol. The van der Waals surface area contributed by atoms with Crippen LogP contribution in [0.4, 0.5) is 11.4 Å². The lowest BCUT2D eigenvalue weighted by Gasteiger charge is -2.10. The minimum absolute atomic E-state index is 0.249. The van der Waals surface area contributed by atoms with Gasteiger partial charge in [0.1, 0.15) is 5.69 Å². The first-order valence-electron chi connectivity index (χ1n) is 7.23. The second kappa shape index (κ2) is 7.27. The van der Waals surface area contributed by atoms with E-state index in [-0.39, 0.29) is 5.91 Å². The van der Waals surface area contributed by atoms with Crippen molar-refractivity contribution in [3.05, 3.63) is 52.8 Å². The van der Waals surface area contributed by atoms with Gasteiger partial charge in [-0.3, -0.25) is 4.79 Å². The molecule has 4 nitrogen and oxygen atoms in total. The number of nitrogens with zero attached hydrogens (tertiary/aromatic N) is 1. The molecule has 2 aromatic rings. The van der Waals surface area contributed by atoms with Gasteiger partial charge in [0, 0.05) is 17.3 Å². The van der Waals surface area contributed by atoms with Gasteiger partial charge in [-0.1, -0.05) is 31.5 Å². The molecule has 1 amide bonds. The minimum atomic E-state index is -0.249. The first-order valence-corrected chi connectivity index (χ1v) is 7.61. The Bertz CT molecular complexity index is 653. The van der Waals surface area contributed by atoms with Crippen LogP contribution in [0.25, 0.3) is 0 Å². The van der Waals surface area contributed by atoms with Gasteiger partial charge in [0.05, 0.1) is 11.9 Å². The minimum Gasteiger partial charge on any atom is -0.384 e. The molecule has 22 heavy (non-hydrogen) atoms. The predicted octanol–water partition coefficient (Wildman–Crippen LogP) is 4.36. The van der Waals surface area contributed by atoms with E-state index in [0.29, 0.717) is 22.3 Å². The number of hydrogen-bond donors (Lipinski definition) is 2. The monoisotopic (exact) mass is 317 g/mol. The highest BCUT2D eigenvalue weighted by Crippen LogP contribution is 2.20. The van der Waals surface area contributed by atoms with E-state index < -0.39 is 0 Å². The molecule has 0 bridgehead atoms. The first kappa shape index (κ1) is 16.3. The number of aromatic nitrogens is 1. The largest absolute Gasteiger partial charge is 0.384 e. The molecule has 0 aliphatic rings. The smallest absolute Gasteiger partial charge is 0.274 e. The number of pyridine rings is 1. The van der Waals surface area contributed by atoms with E-state index >= 15 is 0 Å². The number of anilines is 2. The number of hydrogen-bond acceptors (Lipinski definition) is 3. The summed E-state index contributed by atoms with van der Waals surface area (Å²) >= 11 is 5.95. The average molecular weight is 318 g/mol. The highest BCUT2D eigenvalue weighted by molar-refractivity contribution is 6.31. The molecule has 2 N–H and O–H groups in total. The van der Waals surface area contributed by atoms with Crippen molar-refractivity contribution in [2.24, 2.45) is 5.92 Å². The highest BCUT2D eigenvalue weighted by atomic mass is 35.5. The molecular weight excluding hydrogens is 298 g/mol. The molecule has 0 aliphatic carbocycles. The Hall–Kier alpha value is -2.07. The van der Waals surface area contributed by atoms with Crippen molar-refractivity contribution in [2.45, 2.75) is 20.8 Å². The Labute approximate surface area is 135 Å². The molecule has 0 saturated carbocycles. The van der Waals surface area contributed by atoms with Gasteiger partial charge in [-0.25, -0.2) is 4.98 Å². The molecule has 0 saturated heterocycles. The van der Waals surface area contributed by atoms with Crippen LogP contribution in [0.1, 0.15) is 29.9 Å². The third-order valence-electron chi connectivity index (χ3n) is 3.16. The molecule has 0 aliphatic heterocycles. The van der Waals surface area contributed by atoms with E-state index in [1.54, 1.807) is 24.4 Å². The number of halogens is 1. The molecule has 5 heteroatoms. The quantitative estimate of drug-likeness (QED) is 0.861. The molecule has 116 valence electrons. The maximum absolute atomic E-state index is 12.2. The van der Waals surface area contributed by atoms with Crippen molar-refractivity contribution in [3.63, 3.8) is 0 Å². The maximum atomic E-state index is 12.2. The van der Waals surface area contributed by atoms with Crippen LogP contribution in [0, 0.1) is 12.8 Å². The number of aryl methyl sites for hydroxylation is 1. The Morgan fingerprint density at radius 2 is 2.05 bits per heavy atom. The molecule has 1 aromatic heterocycles. The number of nitrogens with one attached hydrogen (secondary N) is 2. The van der Waals surface area contributed by atoms with Gasteiger partial charge in [0.25, 0.3) is 5.91 Å². The molecule has 0 atom stereocenters. The van der Waals surface area contributed by atoms with Gasteiger partial charge in [0.2, 0.25) is 0 Å². The second-order valence-corrected chi connectivity index (χ2v) is 6.06. The van der Waals surface area contributed by atoms with Crippen LogP contribution in [-0.2, 0) is 0 Å². The van der Waals surface area contributed by atoms with E-state index in [2.05, 4.69) is 29.5 Å². The number of carbonyl (C=O) groups excluding carboxylic acids is 1. The van der Waals surface area contributed by atoms with Crippen molar-refractivity contribution in [1.82, 2.24) is 4.98 Å². The zero-order valence-electron chi connectivity index (χ0n) is 13.0. The Kier molecular flexibility index (Phi) is 5.39. The third-order valence-corrected chi connectivity index (χ3v) is 3.39. The van der Waals surface area contributed by atoms with Crippen LogP contribution in [0.3, 0.4) is 0 Å². The number of benzene rings is 1. The fourth-order valence-corrected chi connectivity index (χ4v) is 2.04. The topological polar surface area (TPSA) is 54.0 Å². The fraction of sp³-hybridized carbons (Fsp3) is 0.294. The van der Waals surface area contributed by atoms with Gasteiger partial charge in [-0.15, -0.1) is 0 Å². The first-order chi connectivity index (χ1) is 10.5. The number of carbonyl (C=O) groups is 1. The standard InChI is InChI=1S/C17H20ClN3O/c1-11(2)9-19-14-6-7-15(20-10-14)17(22)21-16-8-13(18)5-4-12(16)3/h4-8,10-11,19H,9H2,1-3H3,(H,21,22). The van der Waals surface area contributed by atoms with Gasteiger partial charge < -0.3 is 10.6 Å². The van der Waals surface area contributed by atoms with Crippen molar-refractivity contribution < 1.29 is 4.79 Å².